The molecule has 0 saturated carbocycles. The van der Waals surface area contributed by atoms with Crippen molar-refractivity contribution in [3.8, 4) is 0 Å². The molecule has 1 aliphatic heterocycles. The van der Waals surface area contributed by atoms with Crippen molar-refractivity contribution in [1.29, 1.82) is 0 Å². The fourth-order valence-corrected chi connectivity index (χ4v) is 4.86. The van der Waals surface area contributed by atoms with Crippen molar-refractivity contribution in [2.24, 2.45) is 5.84 Å². The summed E-state index contributed by atoms with van der Waals surface area (Å²) < 4.78 is 24.4. The number of sulfone groups is 1. The van der Waals surface area contributed by atoms with Crippen LogP contribution in [0.1, 0.15) is 43.4 Å². The minimum atomic E-state index is -3.05. The third kappa shape index (κ3) is 3.16. The Kier molecular flexibility index (Phi) is 4.60. The number of hydrogen-bond donors (Lipinski definition) is 2. The number of hydrazine groups is 1. The van der Waals surface area contributed by atoms with Gasteiger partial charge in [0, 0.05) is 0 Å². The van der Waals surface area contributed by atoms with Crippen LogP contribution < -0.4 is 11.3 Å². The van der Waals surface area contributed by atoms with Gasteiger partial charge < -0.3 is 0 Å². The van der Waals surface area contributed by atoms with Gasteiger partial charge in [0.1, 0.15) is 0 Å². The highest BCUT2D eigenvalue weighted by Gasteiger charge is 2.35. The molecule has 2 rings (SSSR count). The van der Waals surface area contributed by atoms with Gasteiger partial charge in [-0.3, -0.25) is 11.3 Å². The Morgan fingerprint density at radius 3 is 2.84 bits per heavy atom. The molecule has 3 N–H and O–H groups in total. The number of benzene rings is 1. The Labute approximate surface area is 115 Å². The van der Waals surface area contributed by atoms with E-state index in [1.54, 1.807) is 0 Å². The van der Waals surface area contributed by atoms with E-state index in [1.165, 1.54) is 5.56 Å². The highest BCUT2D eigenvalue weighted by atomic mass is 32.2. The molecule has 1 aromatic rings. The van der Waals surface area contributed by atoms with Crippen molar-refractivity contribution in [2.75, 3.05) is 5.75 Å². The largest absolute Gasteiger partial charge is 0.271 e. The van der Waals surface area contributed by atoms with Gasteiger partial charge in [0.05, 0.1) is 17.0 Å². The molecule has 0 aromatic heterocycles. The number of hydrogen-bond acceptors (Lipinski definition) is 4. The maximum Gasteiger partial charge on any atom is 0.155 e. The van der Waals surface area contributed by atoms with E-state index in [4.69, 9.17) is 5.84 Å². The summed E-state index contributed by atoms with van der Waals surface area (Å²) in [5.41, 5.74) is 4.89. The molecule has 5 heteroatoms. The summed E-state index contributed by atoms with van der Waals surface area (Å²) in [6, 6.07) is 7.71. The molecule has 1 fully saturated rings. The third-order valence-electron chi connectivity index (χ3n) is 3.90. The topological polar surface area (TPSA) is 72.2 Å². The average molecular weight is 282 g/mol. The Balaban J connectivity index is 2.33. The summed E-state index contributed by atoms with van der Waals surface area (Å²) in [5, 5.41) is -0.404. The second kappa shape index (κ2) is 6.03. The van der Waals surface area contributed by atoms with Crippen LogP contribution in [-0.4, -0.2) is 19.4 Å². The van der Waals surface area contributed by atoms with Crippen molar-refractivity contribution in [2.45, 2.75) is 43.9 Å². The molecule has 0 radical (unpaired) electrons. The van der Waals surface area contributed by atoms with E-state index in [0.29, 0.717) is 6.42 Å². The smallest absolute Gasteiger partial charge is 0.155 e. The van der Waals surface area contributed by atoms with Gasteiger partial charge in [-0.05, 0) is 30.4 Å². The van der Waals surface area contributed by atoms with E-state index in [-0.39, 0.29) is 11.8 Å². The molecule has 1 aromatic carbocycles. The molecule has 19 heavy (non-hydrogen) atoms. The maximum atomic E-state index is 12.2. The molecule has 0 bridgehead atoms. The van der Waals surface area contributed by atoms with E-state index < -0.39 is 15.1 Å². The molecule has 2 unspecified atom stereocenters. The summed E-state index contributed by atoms with van der Waals surface area (Å²) >= 11 is 0. The van der Waals surface area contributed by atoms with Gasteiger partial charge in [-0.1, -0.05) is 37.6 Å². The van der Waals surface area contributed by atoms with Gasteiger partial charge >= 0.3 is 0 Å². The van der Waals surface area contributed by atoms with Crippen molar-refractivity contribution in [1.82, 2.24) is 5.43 Å². The Morgan fingerprint density at radius 1 is 1.42 bits per heavy atom. The lowest BCUT2D eigenvalue weighted by Crippen LogP contribution is -2.43. The Hall–Kier alpha value is -0.910. The second-order valence-corrected chi connectivity index (χ2v) is 7.48. The van der Waals surface area contributed by atoms with Crippen LogP contribution in [0.2, 0.25) is 0 Å². The number of aryl methyl sites for hydroxylation is 1. The molecular formula is C14H22N2O2S. The molecule has 2 atom stereocenters. The van der Waals surface area contributed by atoms with Gasteiger partial charge in [0.15, 0.2) is 9.84 Å². The van der Waals surface area contributed by atoms with Crippen molar-refractivity contribution >= 4 is 9.84 Å². The molecule has 106 valence electrons. The van der Waals surface area contributed by atoms with Crippen LogP contribution in [0.15, 0.2) is 24.3 Å². The first-order chi connectivity index (χ1) is 9.08. The highest BCUT2D eigenvalue weighted by Crippen LogP contribution is 2.30. The normalized spacial score (nSPS) is 24.0. The van der Waals surface area contributed by atoms with E-state index in [2.05, 4.69) is 18.4 Å². The number of nitrogens with two attached hydrogens (primary N) is 1. The monoisotopic (exact) mass is 282 g/mol. The average Bonchev–Trinajstić information content (AvgIpc) is 2.41. The lowest BCUT2D eigenvalue weighted by molar-refractivity contribution is 0.453. The van der Waals surface area contributed by atoms with Gasteiger partial charge in [0.25, 0.3) is 0 Å². The maximum absolute atomic E-state index is 12.2. The van der Waals surface area contributed by atoms with Crippen LogP contribution in [0.4, 0.5) is 0 Å². The zero-order valence-corrected chi connectivity index (χ0v) is 12.1. The molecule has 4 nitrogen and oxygen atoms in total. The van der Waals surface area contributed by atoms with Gasteiger partial charge in [0.2, 0.25) is 0 Å². The second-order valence-electron chi connectivity index (χ2n) is 5.14. The standard InChI is InChI=1S/C14H22N2O2S/c1-2-11-6-5-7-12(10-11)14(16-15)13-8-3-4-9-19(13,17)18/h5-7,10,13-14,16H,2-4,8-9,15H2,1H3. The first kappa shape index (κ1) is 14.5. The van der Waals surface area contributed by atoms with Crippen molar-refractivity contribution in [3.63, 3.8) is 0 Å². The van der Waals surface area contributed by atoms with E-state index in [9.17, 15) is 8.42 Å². The lowest BCUT2D eigenvalue weighted by Gasteiger charge is -2.30. The van der Waals surface area contributed by atoms with Crippen LogP contribution in [0.5, 0.6) is 0 Å². The molecule has 1 aliphatic rings. The summed E-state index contributed by atoms with van der Waals surface area (Å²) in [6.07, 6.45) is 3.34. The third-order valence-corrected chi connectivity index (χ3v) is 6.19. The van der Waals surface area contributed by atoms with Crippen LogP contribution in [0.25, 0.3) is 0 Å². The molecule has 1 saturated heterocycles. The van der Waals surface area contributed by atoms with Gasteiger partial charge in [-0.2, -0.15) is 0 Å². The van der Waals surface area contributed by atoms with Crippen LogP contribution >= 0.6 is 0 Å². The number of rotatable bonds is 4. The summed E-state index contributed by atoms with van der Waals surface area (Å²) in [5.74, 6) is 5.91. The highest BCUT2D eigenvalue weighted by molar-refractivity contribution is 7.92. The van der Waals surface area contributed by atoms with Crippen LogP contribution in [0.3, 0.4) is 0 Å². The van der Waals surface area contributed by atoms with Crippen molar-refractivity contribution in [3.05, 3.63) is 35.4 Å². The summed E-state index contributed by atoms with van der Waals surface area (Å²) in [7, 11) is -3.05. The molecule has 1 heterocycles. The first-order valence-corrected chi connectivity index (χ1v) is 8.56. The van der Waals surface area contributed by atoms with E-state index in [1.807, 2.05) is 18.2 Å². The molecule has 0 amide bonds. The zero-order valence-electron chi connectivity index (χ0n) is 11.3. The predicted octanol–water partition coefficient (Wildman–Crippen LogP) is 1.72. The minimum absolute atomic E-state index is 0.281. The fraction of sp³-hybridized carbons (Fsp3) is 0.571. The van der Waals surface area contributed by atoms with Gasteiger partial charge in [-0.25, -0.2) is 8.42 Å². The molecule has 0 aliphatic carbocycles. The Bertz CT molecular complexity index is 528. The SMILES string of the molecule is CCc1cccc(C(NN)C2CCCCS2(=O)=O)c1. The van der Waals surface area contributed by atoms with E-state index >= 15 is 0 Å². The summed E-state index contributed by atoms with van der Waals surface area (Å²) in [4.78, 5) is 0. The lowest BCUT2D eigenvalue weighted by atomic mass is 9.98. The van der Waals surface area contributed by atoms with Crippen LogP contribution in [0, 0.1) is 0 Å². The Morgan fingerprint density at radius 2 is 2.21 bits per heavy atom. The zero-order chi connectivity index (χ0) is 13.9. The van der Waals surface area contributed by atoms with Gasteiger partial charge in [-0.15, -0.1) is 0 Å². The van der Waals surface area contributed by atoms with Crippen LogP contribution in [-0.2, 0) is 16.3 Å². The fourth-order valence-electron chi connectivity index (χ4n) is 2.78. The van der Waals surface area contributed by atoms with Crippen molar-refractivity contribution < 1.29 is 8.42 Å². The summed E-state index contributed by atoms with van der Waals surface area (Å²) in [6.45, 7) is 2.08. The molecule has 0 spiro atoms. The first-order valence-electron chi connectivity index (χ1n) is 6.85. The minimum Gasteiger partial charge on any atom is -0.271 e. The molecular weight excluding hydrogens is 260 g/mol. The predicted molar refractivity (Wildman–Crippen MR) is 77.3 cm³/mol. The quantitative estimate of drug-likeness (QED) is 0.651. The number of nitrogens with one attached hydrogen (secondary N) is 1. The van der Waals surface area contributed by atoms with E-state index in [0.717, 1.165) is 24.8 Å².